The van der Waals surface area contributed by atoms with E-state index in [4.69, 9.17) is 0 Å². The Morgan fingerprint density at radius 1 is 1.11 bits per heavy atom. The van der Waals surface area contributed by atoms with Gasteiger partial charge in [0, 0.05) is 49.3 Å². The lowest BCUT2D eigenvalue weighted by Gasteiger charge is -2.37. The molecule has 1 fully saturated rings. The number of nitrogens with one attached hydrogen (secondary N) is 2. The van der Waals surface area contributed by atoms with E-state index in [-0.39, 0.29) is 17.8 Å². The summed E-state index contributed by atoms with van der Waals surface area (Å²) >= 11 is 0. The number of benzene rings is 2. The van der Waals surface area contributed by atoms with Gasteiger partial charge in [0.25, 0.3) is 5.91 Å². The number of piperazine rings is 1. The van der Waals surface area contributed by atoms with Crippen LogP contribution in [-0.2, 0) is 0 Å². The van der Waals surface area contributed by atoms with Gasteiger partial charge < -0.3 is 20.1 Å². The number of fused-ring (bicyclic) bond motifs is 1. The molecule has 1 amide bonds. The van der Waals surface area contributed by atoms with Crippen LogP contribution < -0.4 is 10.2 Å². The normalized spacial score (nSPS) is 14.7. The number of halogens is 1. The topological polar surface area (TPSA) is 51.4 Å². The molecule has 0 atom stereocenters. The molecule has 2 N–H and O–H groups in total. The van der Waals surface area contributed by atoms with Crippen LogP contribution >= 0.6 is 0 Å². The standard InChI is InChI=1S/C22H25FN4O/c1-15(2)25-20-8-7-16(23)13-21(20)26-9-11-27(12-10-26)22(28)18-14-24-19-6-4-3-5-17(18)19/h3-8,13-15,24-25H,9-12H2,1-2H3. The van der Waals surface area contributed by atoms with E-state index >= 15 is 0 Å². The molecule has 2 heterocycles. The fourth-order valence-electron chi connectivity index (χ4n) is 3.77. The maximum Gasteiger partial charge on any atom is 0.256 e. The minimum Gasteiger partial charge on any atom is -0.381 e. The van der Waals surface area contributed by atoms with Crippen molar-refractivity contribution >= 4 is 28.2 Å². The number of carbonyl (C=O) groups is 1. The molecule has 0 spiro atoms. The Hall–Kier alpha value is -3.02. The number of aromatic nitrogens is 1. The lowest BCUT2D eigenvalue weighted by atomic mass is 10.1. The van der Waals surface area contributed by atoms with Crippen molar-refractivity contribution in [3.63, 3.8) is 0 Å². The van der Waals surface area contributed by atoms with Crippen LogP contribution in [0.1, 0.15) is 24.2 Å². The minimum absolute atomic E-state index is 0.0388. The third-order valence-electron chi connectivity index (χ3n) is 5.13. The molecule has 0 radical (unpaired) electrons. The highest BCUT2D eigenvalue weighted by atomic mass is 19.1. The summed E-state index contributed by atoms with van der Waals surface area (Å²) in [6, 6.07) is 12.9. The van der Waals surface area contributed by atoms with Crippen LogP contribution in [0.25, 0.3) is 10.9 Å². The smallest absolute Gasteiger partial charge is 0.256 e. The summed E-state index contributed by atoms with van der Waals surface area (Å²) in [5.41, 5.74) is 3.45. The Morgan fingerprint density at radius 2 is 1.86 bits per heavy atom. The molecule has 0 saturated carbocycles. The monoisotopic (exact) mass is 380 g/mol. The van der Waals surface area contributed by atoms with E-state index in [1.807, 2.05) is 29.2 Å². The molecule has 0 bridgehead atoms. The number of para-hydroxylation sites is 1. The van der Waals surface area contributed by atoms with Gasteiger partial charge in [-0.3, -0.25) is 4.79 Å². The zero-order valence-electron chi connectivity index (χ0n) is 16.2. The predicted octanol–water partition coefficient (Wildman–Crippen LogP) is 4.09. The third-order valence-corrected chi connectivity index (χ3v) is 5.13. The lowest BCUT2D eigenvalue weighted by Crippen LogP contribution is -2.49. The van der Waals surface area contributed by atoms with E-state index < -0.39 is 0 Å². The first kappa shape index (κ1) is 18.3. The van der Waals surface area contributed by atoms with Crippen LogP contribution in [0.4, 0.5) is 15.8 Å². The van der Waals surface area contributed by atoms with E-state index in [9.17, 15) is 9.18 Å². The second-order valence-electron chi connectivity index (χ2n) is 7.49. The summed E-state index contributed by atoms with van der Waals surface area (Å²) in [6.45, 7) is 6.68. The summed E-state index contributed by atoms with van der Waals surface area (Å²) in [6.07, 6.45) is 1.79. The van der Waals surface area contributed by atoms with Crippen molar-refractivity contribution in [2.75, 3.05) is 36.4 Å². The van der Waals surface area contributed by atoms with Crippen LogP contribution in [0.5, 0.6) is 0 Å². The third kappa shape index (κ3) is 3.54. The number of rotatable bonds is 4. The molecule has 1 saturated heterocycles. The SMILES string of the molecule is CC(C)Nc1ccc(F)cc1N1CCN(C(=O)c2c[nH]c3ccccc23)CC1. The number of anilines is 2. The van der Waals surface area contributed by atoms with Crippen molar-refractivity contribution in [1.29, 1.82) is 0 Å². The van der Waals surface area contributed by atoms with Gasteiger partial charge in [-0.2, -0.15) is 0 Å². The summed E-state index contributed by atoms with van der Waals surface area (Å²) in [5.74, 6) is -0.210. The van der Waals surface area contributed by atoms with Crippen molar-refractivity contribution in [2.45, 2.75) is 19.9 Å². The van der Waals surface area contributed by atoms with Crippen LogP contribution in [0.15, 0.2) is 48.7 Å². The van der Waals surface area contributed by atoms with Crippen LogP contribution in [0.2, 0.25) is 0 Å². The van der Waals surface area contributed by atoms with Gasteiger partial charge in [0.05, 0.1) is 16.9 Å². The van der Waals surface area contributed by atoms with E-state index in [0.717, 1.165) is 22.3 Å². The average molecular weight is 380 g/mol. The molecule has 6 heteroatoms. The van der Waals surface area contributed by atoms with Crippen molar-refractivity contribution in [1.82, 2.24) is 9.88 Å². The summed E-state index contributed by atoms with van der Waals surface area (Å²) in [7, 11) is 0. The molecule has 28 heavy (non-hydrogen) atoms. The molecule has 3 aromatic rings. The van der Waals surface area contributed by atoms with Crippen LogP contribution in [0.3, 0.4) is 0 Å². The van der Waals surface area contributed by atoms with Crippen LogP contribution in [-0.4, -0.2) is 48.0 Å². The van der Waals surface area contributed by atoms with Gasteiger partial charge in [-0.1, -0.05) is 18.2 Å². The van der Waals surface area contributed by atoms with Gasteiger partial charge >= 0.3 is 0 Å². The van der Waals surface area contributed by atoms with Crippen molar-refractivity contribution in [3.8, 4) is 0 Å². The molecule has 1 aliphatic rings. The first-order valence-corrected chi connectivity index (χ1v) is 9.69. The maximum atomic E-state index is 13.9. The van der Waals surface area contributed by atoms with Crippen molar-refractivity contribution in [3.05, 3.63) is 60.0 Å². The second kappa shape index (κ2) is 7.54. The maximum absolute atomic E-state index is 13.9. The fraction of sp³-hybridized carbons (Fsp3) is 0.318. The number of nitrogens with zero attached hydrogens (tertiary/aromatic N) is 2. The average Bonchev–Trinajstić information content (AvgIpc) is 3.13. The Kier molecular flexibility index (Phi) is 4.94. The number of hydrogen-bond donors (Lipinski definition) is 2. The lowest BCUT2D eigenvalue weighted by molar-refractivity contribution is 0.0749. The first-order valence-electron chi connectivity index (χ1n) is 9.69. The molecular weight excluding hydrogens is 355 g/mol. The highest BCUT2D eigenvalue weighted by Crippen LogP contribution is 2.29. The van der Waals surface area contributed by atoms with E-state index in [2.05, 4.69) is 29.0 Å². The van der Waals surface area contributed by atoms with E-state index in [1.165, 1.54) is 6.07 Å². The minimum atomic E-state index is -0.249. The largest absolute Gasteiger partial charge is 0.381 e. The molecule has 5 nitrogen and oxygen atoms in total. The zero-order chi connectivity index (χ0) is 19.7. The molecule has 1 aromatic heterocycles. The van der Waals surface area contributed by atoms with Crippen molar-refractivity contribution in [2.24, 2.45) is 0 Å². The molecule has 0 unspecified atom stereocenters. The van der Waals surface area contributed by atoms with Gasteiger partial charge in [-0.05, 0) is 38.1 Å². The highest BCUT2D eigenvalue weighted by molar-refractivity contribution is 6.06. The van der Waals surface area contributed by atoms with Gasteiger partial charge in [-0.15, -0.1) is 0 Å². The van der Waals surface area contributed by atoms with Gasteiger partial charge in [-0.25, -0.2) is 4.39 Å². The number of amides is 1. The molecule has 146 valence electrons. The summed E-state index contributed by atoms with van der Waals surface area (Å²) < 4.78 is 13.9. The Bertz CT molecular complexity index is 989. The predicted molar refractivity (Wildman–Crippen MR) is 112 cm³/mol. The van der Waals surface area contributed by atoms with Gasteiger partial charge in [0.2, 0.25) is 0 Å². The van der Waals surface area contributed by atoms with E-state index in [0.29, 0.717) is 31.7 Å². The van der Waals surface area contributed by atoms with Gasteiger partial charge in [0.1, 0.15) is 5.82 Å². The molecule has 4 rings (SSSR count). The zero-order valence-corrected chi connectivity index (χ0v) is 16.2. The van der Waals surface area contributed by atoms with Crippen LogP contribution in [0, 0.1) is 5.82 Å². The fourth-order valence-corrected chi connectivity index (χ4v) is 3.77. The van der Waals surface area contributed by atoms with Gasteiger partial charge in [0.15, 0.2) is 0 Å². The Labute approximate surface area is 164 Å². The number of hydrogen-bond acceptors (Lipinski definition) is 3. The number of aromatic amines is 1. The summed E-state index contributed by atoms with van der Waals surface area (Å²) in [4.78, 5) is 20.2. The molecule has 0 aliphatic carbocycles. The molecule has 2 aromatic carbocycles. The Morgan fingerprint density at radius 3 is 2.61 bits per heavy atom. The number of carbonyl (C=O) groups excluding carboxylic acids is 1. The Balaban J connectivity index is 1.49. The van der Waals surface area contributed by atoms with Crippen molar-refractivity contribution < 1.29 is 9.18 Å². The molecular formula is C22H25FN4O. The quantitative estimate of drug-likeness (QED) is 0.717. The molecule has 1 aliphatic heterocycles. The first-order chi connectivity index (χ1) is 13.5. The second-order valence-corrected chi connectivity index (χ2v) is 7.49. The highest BCUT2D eigenvalue weighted by Gasteiger charge is 2.25. The summed E-state index contributed by atoms with van der Waals surface area (Å²) in [5, 5.41) is 4.33. The van der Waals surface area contributed by atoms with E-state index in [1.54, 1.807) is 18.3 Å². The number of H-pyrrole nitrogens is 1.